The van der Waals surface area contributed by atoms with Gasteiger partial charge in [0.05, 0.1) is 4.90 Å². The number of sulfonamides is 1. The number of rotatable bonds is 4. The standard InChI is InChI=1S/C30H38Cl2N4O7S/c1-29(2,3)43-28(40)33-23-12-9-7-5-4-6-8-11-19-18-30(19,34-25(37)24-13-10-14-36(24)26(23)38)27(39)35-44(41,42)22-16-20(31)15-21(32)17-22/h6,11,15-17,19,23-24H,4-5,7,9-10,12-14,18H2,1-3H3,(H,33,40)(H,34,37)(H,35,39)/t8?,19-,23+,24+,30-/m1/s1. The number of benzene rings is 1. The number of nitrogens with one attached hydrogen (secondary N) is 3. The number of carbonyl (C=O) groups is 4. The molecule has 1 aromatic rings. The predicted molar refractivity (Wildman–Crippen MR) is 164 cm³/mol. The number of amides is 4. The van der Waals surface area contributed by atoms with Crippen LogP contribution >= 0.6 is 23.2 Å². The number of fused-ring (bicyclic) bond motifs is 2. The Morgan fingerprint density at radius 3 is 2.45 bits per heavy atom. The maximum atomic E-state index is 13.7. The van der Waals surface area contributed by atoms with Crippen molar-refractivity contribution in [3.05, 3.63) is 46.1 Å². The van der Waals surface area contributed by atoms with E-state index in [0.29, 0.717) is 38.6 Å². The minimum atomic E-state index is -4.39. The van der Waals surface area contributed by atoms with Crippen LogP contribution in [0.2, 0.25) is 10.0 Å². The molecule has 0 radical (unpaired) electrons. The Balaban J connectivity index is 1.59. The molecule has 2 heterocycles. The SMILES string of the molecule is CC(C)(C)OC(=O)N[C@H]1CCCCCC=C=C[C@@H]2C[C@@]2(C(=O)NS(=O)(=O)c2cc(Cl)cc(Cl)c2)NC(=O)[C@@H]2CCCN2C1=O. The van der Waals surface area contributed by atoms with E-state index < -0.39 is 63.0 Å². The number of halogens is 2. The third-order valence-electron chi connectivity index (χ3n) is 7.72. The van der Waals surface area contributed by atoms with Crippen LogP contribution in [0.4, 0.5) is 4.79 Å². The molecule has 1 aliphatic carbocycles. The average Bonchev–Trinajstić information content (AvgIpc) is 3.37. The quantitative estimate of drug-likeness (QED) is 0.406. The van der Waals surface area contributed by atoms with Crippen LogP contribution in [0.25, 0.3) is 0 Å². The highest BCUT2D eigenvalue weighted by Crippen LogP contribution is 2.45. The summed E-state index contributed by atoms with van der Waals surface area (Å²) >= 11 is 12.0. The fraction of sp³-hybridized carbons (Fsp3) is 0.567. The second-order valence-electron chi connectivity index (χ2n) is 12.4. The van der Waals surface area contributed by atoms with Crippen molar-refractivity contribution in [3.8, 4) is 0 Å². The van der Waals surface area contributed by atoms with Crippen molar-refractivity contribution in [2.75, 3.05) is 6.54 Å². The van der Waals surface area contributed by atoms with Gasteiger partial charge in [0.15, 0.2) is 0 Å². The largest absolute Gasteiger partial charge is 0.444 e. The van der Waals surface area contributed by atoms with Gasteiger partial charge in [-0.1, -0.05) is 36.0 Å². The first-order valence-electron chi connectivity index (χ1n) is 14.7. The third-order valence-corrected chi connectivity index (χ3v) is 9.47. The number of alkyl carbamates (subject to hydrolysis) is 1. The molecule has 3 N–H and O–H groups in total. The molecule has 4 amide bonds. The van der Waals surface area contributed by atoms with Crippen molar-refractivity contribution >= 4 is 57.0 Å². The highest BCUT2D eigenvalue weighted by molar-refractivity contribution is 7.90. The van der Waals surface area contributed by atoms with Crippen molar-refractivity contribution in [2.24, 2.45) is 5.92 Å². The number of hydrogen-bond donors (Lipinski definition) is 3. The fourth-order valence-electron chi connectivity index (χ4n) is 5.46. The van der Waals surface area contributed by atoms with E-state index in [-0.39, 0.29) is 21.4 Å². The zero-order chi connectivity index (χ0) is 32.3. The molecule has 0 spiro atoms. The number of carbonyl (C=O) groups excluding carboxylic acids is 4. The van der Waals surface area contributed by atoms with E-state index in [4.69, 9.17) is 27.9 Å². The van der Waals surface area contributed by atoms with Crippen molar-refractivity contribution < 1.29 is 32.3 Å². The molecule has 0 aromatic heterocycles. The predicted octanol–water partition coefficient (Wildman–Crippen LogP) is 4.23. The van der Waals surface area contributed by atoms with Gasteiger partial charge in [-0.15, -0.1) is 5.73 Å². The first-order chi connectivity index (χ1) is 20.6. The van der Waals surface area contributed by atoms with Crippen molar-refractivity contribution in [1.29, 1.82) is 0 Å². The Hall–Kier alpha value is -3.05. The van der Waals surface area contributed by atoms with Crippen LogP contribution in [0.3, 0.4) is 0 Å². The summed E-state index contributed by atoms with van der Waals surface area (Å²) < 4.78 is 33.7. The Morgan fingerprint density at radius 2 is 1.77 bits per heavy atom. The molecular weight excluding hydrogens is 631 g/mol. The summed E-state index contributed by atoms with van der Waals surface area (Å²) in [4.78, 5) is 54.7. The van der Waals surface area contributed by atoms with Gasteiger partial charge in [0, 0.05) is 22.5 Å². The molecule has 0 unspecified atom stereocenters. The summed E-state index contributed by atoms with van der Waals surface area (Å²) in [5.74, 6) is -2.45. The molecule has 0 bridgehead atoms. The second kappa shape index (κ2) is 13.5. The first kappa shape index (κ1) is 33.8. The van der Waals surface area contributed by atoms with E-state index in [0.717, 1.165) is 25.0 Å². The van der Waals surface area contributed by atoms with Crippen molar-refractivity contribution in [2.45, 2.75) is 100 Å². The third kappa shape index (κ3) is 8.35. The zero-order valence-corrected chi connectivity index (χ0v) is 27.3. The van der Waals surface area contributed by atoms with Crippen LogP contribution in [-0.4, -0.2) is 66.9 Å². The average molecular weight is 670 g/mol. The molecule has 4 atom stereocenters. The summed E-state index contributed by atoms with van der Waals surface area (Å²) in [6, 6.07) is 1.87. The Labute approximate surface area is 267 Å². The number of ether oxygens (including phenoxy) is 1. The maximum absolute atomic E-state index is 13.7. The summed E-state index contributed by atoms with van der Waals surface area (Å²) in [7, 11) is -4.39. The molecule has 11 nitrogen and oxygen atoms in total. The lowest BCUT2D eigenvalue weighted by atomic mass is 10.0. The second-order valence-corrected chi connectivity index (χ2v) is 14.9. The van der Waals surface area contributed by atoms with Crippen LogP contribution in [0.5, 0.6) is 0 Å². The van der Waals surface area contributed by atoms with Gasteiger partial charge >= 0.3 is 6.09 Å². The van der Waals surface area contributed by atoms with E-state index in [1.165, 1.54) is 11.0 Å². The van der Waals surface area contributed by atoms with Crippen LogP contribution < -0.4 is 15.4 Å². The normalized spacial score (nSPS) is 26.3. The maximum Gasteiger partial charge on any atom is 0.408 e. The van der Waals surface area contributed by atoms with Gasteiger partial charge in [-0.2, -0.15) is 0 Å². The lowest BCUT2D eigenvalue weighted by molar-refractivity contribution is -0.141. The molecule has 1 saturated carbocycles. The lowest BCUT2D eigenvalue weighted by Gasteiger charge is -2.30. The van der Waals surface area contributed by atoms with E-state index in [2.05, 4.69) is 21.1 Å². The van der Waals surface area contributed by atoms with E-state index in [9.17, 15) is 27.6 Å². The Kier molecular flexibility index (Phi) is 10.4. The van der Waals surface area contributed by atoms with Crippen molar-refractivity contribution in [1.82, 2.24) is 20.3 Å². The van der Waals surface area contributed by atoms with E-state index >= 15 is 0 Å². The molecule has 4 rings (SSSR count). The highest BCUT2D eigenvalue weighted by atomic mass is 35.5. The minimum absolute atomic E-state index is 0.0734. The summed E-state index contributed by atoms with van der Waals surface area (Å²) in [5.41, 5.74) is 0.735. The Bertz CT molecular complexity index is 1470. The molecule has 3 aliphatic rings. The molecule has 1 saturated heterocycles. The van der Waals surface area contributed by atoms with Gasteiger partial charge in [-0.05, 0) is 89.6 Å². The molecule has 44 heavy (non-hydrogen) atoms. The lowest BCUT2D eigenvalue weighted by Crippen LogP contribution is -2.58. The summed E-state index contributed by atoms with van der Waals surface area (Å²) in [5, 5.41) is 5.60. The summed E-state index contributed by atoms with van der Waals surface area (Å²) in [6.45, 7) is 5.47. The number of hydrogen-bond acceptors (Lipinski definition) is 7. The van der Waals surface area contributed by atoms with Gasteiger partial charge in [-0.25, -0.2) is 17.9 Å². The van der Waals surface area contributed by atoms with Crippen LogP contribution in [-0.2, 0) is 29.1 Å². The Morgan fingerprint density at radius 1 is 1.07 bits per heavy atom. The van der Waals surface area contributed by atoms with Gasteiger partial charge in [0.25, 0.3) is 15.9 Å². The van der Waals surface area contributed by atoms with Gasteiger partial charge < -0.3 is 20.3 Å². The van der Waals surface area contributed by atoms with E-state index in [1.54, 1.807) is 26.8 Å². The molecule has 2 aliphatic heterocycles. The molecule has 2 fully saturated rings. The highest BCUT2D eigenvalue weighted by Gasteiger charge is 2.61. The minimum Gasteiger partial charge on any atom is -0.444 e. The molecule has 14 heteroatoms. The fourth-order valence-corrected chi connectivity index (χ4v) is 7.22. The monoisotopic (exact) mass is 668 g/mol. The first-order valence-corrected chi connectivity index (χ1v) is 16.9. The van der Waals surface area contributed by atoms with Gasteiger partial charge in [0.1, 0.15) is 23.2 Å². The van der Waals surface area contributed by atoms with Gasteiger partial charge in [-0.3, -0.25) is 14.4 Å². The summed E-state index contributed by atoms with van der Waals surface area (Å²) in [6.07, 6.45) is 7.11. The van der Waals surface area contributed by atoms with Crippen LogP contribution in [0.1, 0.15) is 72.1 Å². The molecular formula is C30H38Cl2N4O7S. The van der Waals surface area contributed by atoms with Crippen LogP contribution in [0, 0.1) is 5.92 Å². The zero-order valence-electron chi connectivity index (χ0n) is 25.0. The molecule has 240 valence electrons. The number of nitrogens with zero attached hydrogens (tertiary/aromatic N) is 1. The van der Waals surface area contributed by atoms with Crippen molar-refractivity contribution in [3.63, 3.8) is 0 Å². The topological polar surface area (TPSA) is 151 Å². The molecule has 1 aromatic carbocycles. The van der Waals surface area contributed by atoms with E-state index in [1.807, 2.05) is 6.08 Å². The van der Waals surface area contributed by atoms with Gasteiger partial charge in [0.2, 0.25) is 11.8 Å². The smallest absolute Gasteiger partial charge is 0.408 e. The van der Waals surface area contributed by atoms with Crippen LogP contribution in [0.15, 0.2) is 41.0 Å².